The number of nitro benzene ring substituents is 1. The zero-order chi connectivity index (χ0) is 23.4. The molecule has 1 aliphatic heterocycles. The fourth-order valence-electron chi connectivity index (χ4n) is 3.51. The molecule has 0 atom stereocenters. The highest BCUT2D eigenvalue weighted by atomic mass is 32.2. The Labute approximate surface area is 195 Å². The number of nitrogens with zero attached hydrogens (tertiary/aromatic N) is 3. The molecule has 1 fully saturated rings. The summed E-state index contributed by atoms with van der Waals surface area (Å²) in [6, 6.07) is 19.0. The molecule has 170 valence electrons. The van der Waals surface area contributed by atoms with Gasteiger partial charge in [-0.25, -0.2) is 8.42 Å². The number of hydrogen-bond donors (Lipinski definition) is 0. The Kier molecular flexibility index (Phi) is 6.68. The topological polar surface area (TPSA) is 101 Å². The fourth-order valence-corrected chi connectivity index (χ4v) is 5.89. The van der Waals surface area contributed by atoms with Crippen molar-refractivity contribution in [3.05, 3.63) is 87.8 Å². The van der Waals surface area contributed by atoms with E-state index in [-0.39, 0.29) is 42.7 Å². The molecular weight excluding hydrogens is 462 g/mol. The molecular formula is C23H21N3O5S2. The van der Waals surface area contributed by atoms with E-state index in [0.29, 0.717) is 0 Å². The van der Waals surface area contributed by atoms with Crippen molar-refractivity contribution in [2.75, 3.05) is 26.2 Å². The van der Waals surface area contributed by atoms with Crippen LogP contribution in [0, 0.1) is 10.1 Å². The number of nitro groups is 1. The normalized spacial score (nSPS) is 15.1. The summed E-state index contributed by atoms with van der Waals surface area (Å²) in [7, 11) is -3.87. The summed E-state index contributed by atoms with van der Waals surface area (Å²) in [5.74, 6) is -0.183. The molecule has 1 aromatic heterocycles. The van der Waals surface area contributed by atoms with Crippen molar-refractivity contribution in [1.82, 2.24) is 9.21 Å². The molecule has 8 nitrogen and oxygen atoms in total. The minimum absolute atomic E-state index is 0.122. The van der Waals surface area contributed by atoms with Crippen LogP contribution in [-0.2, 0) is 14.8 Å². The zero-order valence-corrected chi connectivity index (χ0v) is 19.2. The van der Waals surface area contributed by atoms with Gasteiger partial charge >= 0.3 is 0 Å². The highest BCUT2D eigenvalue weighted by Crippen LogP contribution is 2.28. The van der Waals surface area contributed by atoms with Gasteiger partial charge in [-0.2, -0.15) is 4.31 Å². The second-order valence-corrected chi connectivity index (χ2v) is 10.4. The van der Waals surface area contributed by atoms with Crippen molar-refractivity contribution < 1.29 is 18.1 Å². The van der Waals surface area contributed by atoms with E-state index in [2.05, 4.69) is 0 Å². The van der Waals surface area contributed by atoms with E-state index in [1.807, 2.05) is 42.5 Å². The summed E-state index contributed by atoms with van der Waals surface area (Å²) >= 11 is 1.59. The van der Waals surface area contributed by atoms with Gasteiger partial charge in [0, 0.05) is 54.1 Å². The Bertz CT molecular complexity index is 1290. The third-order valence-electron chi connectivity index (χ3n) is 5.29. The molecule has 0 unspecified atom stereocenters. The largest absolute Gasteiger partial charge is 0.337 e. The first-order valence-electron chi connectivity index (χ1n) is 10.2. The molecule has 0 radical (unpaired) electrons. The maximum absolute atomic E-state index is 12.9. The van der Waals surface area contributed by atoms with Crippen molar-refractivity contribution >= 4 is 39.0 Å². The van der Waals surface area contributed by atoms with Crippen molar-refractivity contribution in [2.24, 2.45) is 0 Å². The summed E-state index contributed by atoms with van der Waals surface area (Å²) in [4.78, 5) is 26.5. The molecule has 1 amide bonds. The Balaban J connectivity index is 1.37. The van der Waals surface area contributed by atoms with Crippen LogP contribution in [0.3, 0.4) is 0 Å². The van der Waals surface area contributed by atoms with Crippen LogP contribution in [0.25, 0.3) is 16.5 Å². The molecule has 1 aliphatic rings. The van der Waals surface area contributed by atoms with Gasteiger partial charge in [-0.15, -0.1) is 11.3 Å². The molecule has 4 rings (SSSR count). The van der Waals surface area contributed by atoms with Gasteiger partial charge in [0.25, 0.3) is 5.69 Å². The number of thiophene rings is 1. The predicted molar refractivity (Wildman–Crippen MR) is 127 cm³/mol. The van der Waals surface area contributed by atoms with Crippen LogP contribution >= 0.6 is 11.3 Å². The van der Waals surface area contributed by atoms with E-state index in [1.165, 1.54) is 28.6 Å². The third kappa shape index (κ3) is 5.19. The third-order valence-corrected chi connectivity index (χ3v) is 8.29. The predicted octanol–water partition coefficient (Wildman–Crippen LogP) is 3.87. The van der Waals surface area contributed by atoms with Gasteiger partial charge in [-0.3, -0.25) is 14.9 Å². The Morgan fingerprint density at radius 3 is 2.39 bits per heavy atom. The average Bonchev–Trinajstić information content (AvgIpc) is 3.32. The van der Waals surface area contributed by atoms with Crippen LogP contribution < -0.4 is 0 Å². The minimum Gasteiger partial charge on any atom is -0.337 e. The maximum atomic E-state index is 12.9. The van der Waals surface area contributed by atoms with Gasteiger partial charge < -0.3 is 4.90 Å². The molecule has 2 heterocycles. The van der Waals surface area contributed by atoms with Gasteiger partial charge in [0.2, 0.25) is 15.9 Å². The minimum atomic E-state index is -3.87. The van der Waals surface area contributed by atoms with E-state index < -0.39 is 14.9 Å². The number of hydrogen-bond acceptors (Lipinski definition) is 6. The number of sulfonamides is 1. The van der Waals surface area contributed by atoms with Gasteiger partial charge in [-0.05, 0) is 29.8 Å². The second kappa shape index (κ2) is 9.65. The standard InChI is InChI=1S/C23H21N3O5S2/c27-23(12-10-20-9-11-22(32-20)18-5-2-1-3-6-18)24-13-15-25(16-14-24)33(30,31)21-8-4-7-19(17-21)26(28)29/h1-12,17H,13-16H2/b12-10+. The summed E-state index contributed by atoms with van der Waals surface area (Å²) in [6.45, 7) is 0.748. The van der Waals surface area contributed by atoms with Crippen LogP contribution in [0.5, 0.6) is 0 Å². The molecule has 0 N–H and O–H groups in total. The van der Waals surface area contributed by atoms with E-state index in [1.54, 1.807) is 22.3 Å². The van der Waals surface area contributed by atoms with Gasteiger partial charge in [-0.1, -0.05) is 36.4 Å². The van der Waals surface area contributed by atoms with Gasteiger partial charge in [0.1, 0.15) is 0 Å². The maximum Gasteiger partial charge on any atom is 0.270 e. The smallest absolute Gasteiger partial charge is 0.270 e. The van der Waals surface area contributed by atoms with Crippen molar-refractivity contribution in [1.29, 1.82) is 0 Å². The van der Waals surface area contributed by atoms with Gasteiger partial charge in [0.15, 0.2) is 0 Å². The number of piperazine rings is 1. The first-order chi connectivity index (χ1) is 15.8. The zero-order valence-electron chi connectivity index (χ0n) is 17.5. The van der Waals surface area contributed by atoms with Crippen LogP contribution in [0.1, 0.15) is 4.88 Å². The van der Waals surface area contributed by atoms with Crippen LogP contribution in [0.4, 0.5) is 5.69 Å². The Morgan fingerprint density at radius 2 is 1.70 bits per heavy atom. The van der Waals surface area contributed by atoms with Gasteiger partial charge in [0.05, 0.1) is 9.82 Å². The van der Waals surface area contributed by atoms with E-state index in [0.717, 1.165) is 21.4 Å². The molecule has 10 heteroatoms. The quantitative estimate of drug-likeness (QED) is 0.301. The molecule has 3 aromatic rings. The number of amides is 1. The number of carbonyl (C=O) groups is 1. The number of benzene rings is 2. The van der Waals surface area contributed by atoms with Crippen LogP contribution in [0.15, 0.2) is 77.7 Å². The van der Waals surface area contributed by atoms with E-state index in [4.69, 9.17) is 0 Å². The summed E-state index contributed by atoms with van der Waals surface area (Å²) in [5.41, 5.74) is 0.841. The molecule has 2 aromatic carbocycles. The van der Waals surface area contributed by atoms with Crippen LogP contribution in [0.2, 0.25) is 0 Å². The lowest BCUT2D eigenvalue weighted by Gasteiger charge is -2.33. The second-order valence-electron chi connectivity index (χ2n) is 7.39. The monoisotopic (exact) mass is 483 g/mol. The van der Waals surface area contributed by atoms with Crippen molar-refractivity contribution in [3.8, 4) is 10.4 Å². The summed E-state index contributed by atoms with van der Waals surface area (Å²) < 4.78 is 27.0. The average molecular weight is 484 g/mol. The van der Waals surface area contributed by atoms with Crippen molar-refractivity contribution in [2.45, 2.75) is 4.90 Å². The van der Waals surface area contributed by atoms with Crippen molar-refractivity contribution in [3.63, 3.8) is 0 Å². The lowest BCUT2D eigenvalue weighted by atomic mass is 10.2. The fraction of sp³-hybridized carbons (Fsp3) is 0.174. The SMILES string of the molecule is O=C(/C=C/c1ccc(-c2ccccc2)s1)N1CCN(S(=O)(=O)c2cccc([N+](=O)[O-])c2)CC1. The van der Waals surface area contributed by atoms with E-state index >= 15 is 0 Å². The highest BCUT2D eigenvalue weighted by Gasteiger charge is 2.30. The molecule has 0 aliphatic carbocycles. The highest BCUT2D eigenvalue weighted by molar-refractivity contribution is 7.89. The van der Waals surface area contributed by atoms with E-state index in [9.17, 15) is 23.3 Å². The Hall–Kier alpha value is -3.34. The first kappa shape index (κ1) is 22.8. The number of rotatable bonds is 6. The molecule has 0 bridgehead atoms. The van der Waals surface area contributed by atoms with Crippen LogP contribution in [-0.4, -0.2) is 54.6 Å². The Morgan fingerprint density at radius 1 is 0.970 bits per heavy atom. The summed E-state index contributed by atoms with van der Waals surface area (Å²) in [5, 5.41) is 11.0. The lowest BCUT2D eigenvalue weighted by molar-refractivity contribution is -0.385. The molecule has 1 saturated heterocycles. The lowest BCUT2D eigenvalue weighted by Crippen LogP contribution is -2.50. The molecule has 0 spiro atoms. The first-order valence-corrected chi connectivity index (χ1v) is 12.5. The summed E-state index contributed by atoms with van der Waals surface area (Å²) in [6.07, 6.45) is 3.27. The molecule has 0 saturated carbocycles. The number of carbonyl (C=O) groups excluding carboxylic acids is 1. The number of non-ortho nitro benzene ring substituents is 1. The molecule has 33 heavy (non-hydrogen) atoms.